The molecule has 0 saturated carbocycles. The smallest absolute Gasteiger partial charge is 0.0945 e. The van der Waals surface area contributed by atoms with Crippen molar-refractivity contribution in [1.29, 1.82) is 0 Å². The van der Waals surface area contributed by atoms with E-state index in [1.807, 2.05) is 30.8 Å². The molecule has 90 valence electrons. The molecule has 0 bridgehead atoms. The van der Waals surface area contributed by atoms with Gasteiger partial charge in [-0.2, -0.15) is 5.10 Å². The molecule has 0 spiro atoms. The van der Waals surface area contributed by atoms with E-state index in [0.29, 0.717) is 6.54 Å². The fourth-order valence-corrected chi connectivity index (χ4v) is 2.79. The molecule has 0 aliphatic carbocycles. The fourth-order valence-electron chi connectivity index (χ4n) is 1.67. The van der Waals surface area contributed by atoms with E-state index in [0.717, 1.165) is 10.7 Å². The fraction of sp³-hybridized carbons (Fsp3) is 0.333. The topological polar surface area (TPSA) is 56.7 Å². The molecule has 2 aromatic rings. The first kappa shape index (κ1) is 12.1. The van der Waals surface area contributed by atoms with Gasteiger partial charge in [-0.1, -0.05) is 11.8 Å². The van der Waals surface area contributed by atoms with Crippen LogP contribution >= 0.6 is 11.8 Å². The van der Waals surface area contributed by atoms with Crippen molar-refractivity contribution in [2.75, 3.05) is 6.54 Å². The van der Waals surface area contributed by atoms with Gasteiger partial charge in [-0.05, 0) is 30.7 Å². The van der Waals surface area contributed by atoms with E-state index in [1.165, 1.54) is 5.56 Å². The van der Waals surface area contributed by atoms with Gasteiger partial charge in [0, 0.05) is 31.2 Å². The maximum atomic E-state index is 5.84. The molecule has 0 aliphatic rings. The zero-order valence-electron chi connectivity index (χ0n) is 10.00. The Labute approximate surface area is 105 Å². The molecule has 0 fully saturated rings. The van der Waals surface area contributed by atoms with Gasteiger partial charge in [0.15, 0.2) is 0 Å². The molecule has 0 radical (unpaired) electrons. The number of pyridine rings is 1. The number of aromatic nitrogens is 3. The van der Waals surface area contributed by atoms with Crippen LogP contribution in [-0.2, 0) is 7.05 Å². The molecular weight excluding hydrogens is 232 g/mol. The summed E-state index contributed by atoms with van der Waals surface area (Å²) < 4.78 is 1.89. The van der Waals surface area contributed by atoms with Crippen molar-refractivity contribution in [3.8, 4) is 0 Å². The number of nitrogens with two attached hydrogens (primary N) is 1. The number of hydrogen-bond donors (Lipinski definition) is 1. The molecule has 2 aromatic heterocycles. The van der Waals surface area contributed by atoms with Crippen LogP contribution in [0.3, 0.4) is 0 Å². The van der Waals surface area contributed by atoms with E-state index in [-0.39, 0.29) is 5.25 Å². The van der Waals surface area contributed by atoms with E-state index in [4.69, 9.17) is 5.73 Å². The lowest BCUT2D eigenvalue weighted by Gasteiger charge is -2.14. The summed E-state index contributed by atoms with van der Waals surface area (Å²) in [4.78, 5) is 4.02. The van der Waals surface area contributed by atoms with Crippen LogP contribution in [0.5, 0.6) is 0 Å². The Balaban J connectivity index is 2.18. The molecule has 2 rings (SSSR count). The van der Waals surface area contributed by atoms with Crippen molar-refractivity contribution in [3.63, 3.8) is 0 Å². The zero-order valence-corrected chi connectivity index (χ0v) is 10.8. The van der Waals surface area contributed by atoms with Crippen molar-refractivity contribution < 1.29 is 0 Å². The van der Waals surface area contributed by atoms with Crippen LogP contribution in [0.2, 0.25) is 0 Å². The molecule has 0 aliphatic heterocycles. The summed E-state index contributed by atoms with van der Waals surface area (Å²) in [7, 11) is 1.95. The van der Waals surface area contributed by atoms with Crippen molar-refractivity contribution in [2.45, 2.75) is 17.2 Å². The number of thioether (sulfide) groups is 1. The number of aryl methyl sites for hydroxylation is 2. The summed E-state index contributed by atoms with van der Waals surface area (Å²) in [5.74, 6) is 0. The highest BCUT2D eigenvalue weighted by Gasteiger charge is 2.13. The average Bonchev–Trinajstić information content (AvgIpc) is 2.66. The van der Waals surface area contributed by atoms with Gasteiger partial charge in [-0.3, -0.25) is 9.67 Å². The predicted molar refractivity (Wildman–Crippen MR) is 69.8 cm³/mol. The van der Waals surface area contributed by atoms with Gasteiger partial charge in [0.25, 0.3) is 0 Å². The third-order valence-electron chi connectivity index (χ3n) is 2.51. The highest BCUT2D eigenvalue weighted by molar-refractivity contribution is 7.99. The molecular formula is C12H16N4S. The third-order valence-corrected chi connectivity index (χ3v) is 3.89. The van der Waals surface area contributed by atoms with Crippen LogP contribution in [0.4, 0.5) is 0 Å². The van der Waals surface area contributed by atoms with E-state index in [2.05, 4.69) is 16.1 Å². The molecule has 0 amide bonds. The molecule has 2 heterocycles. The lowest BCUT2D eigenvalue weighted by Crippen LogP contribution is -2.10. The molecule has 0 saturated heterocycles. The van der Waals surface area contributed by atoms with Crippen LogP contribution in [0.15, 0.2) is 35.6 Å². The Morgan fingerprint density at radius 3 is 2.65 bits per heavy atom. The van der Waals surface area contributed by atoms with Gasteiger partial charge in [0.05, 0.1) is 10.7 Å². The number of rotatable bonds is 4. The average molecular weight is 248 g/mol. The predicted octanol–water partition coefficient (Wildman–Crippen LogP) is 1.92. The summed E-state index contributed by atoms with van der Waals surface area (Å²) in [5.41, 5.74) is 8.07. The Morgan fingerprint density at radius 1 is 1.41 bits per heavy atom. The van der Waals surface area contributed by atoms with E-state index >= 15 is 0 Å². The first-order valence-corrected chi connectivity index (χ1v) is 6.36. The van der Waals surface area contributed by atoms with Gasteiger partial charge in [0.2, 0.25) is 0 Å². The van der Waals surface area contributed by atoms with Crippen molar-refractivity contribution in [1.82, 2.24) is 14.8 Å². The second-order valence-electron chi connectivity index (χ2n) is 3.87. The van der Waals surface area contributed by atoms with Crippen molar-refractivity contribution in [2.24, 2.45) is 12.8 Å². The molecule has 4 nitrogen and oxygen atoms in total. The van der Waals surface area contributed by atoms with Crippen molar-refractivity contribution >= 4 is 11.8 Å². The highest BCUT2D eigenvalue weighted by atomic mass is 32.2. The largest absolute Gasteiger partial charge is 0.329 e. The van der Waals surface area contributed by atoms with E-state index in [1.54, 1.807) is 24.2 Å². The van der Waals surface area contributed by atoms with Crippen LogP contribution in [-0.4, -0.2) is 21.3 Å². The van der Waals surface area contributed by atoms with Gasteiger partial charge in [0.1, 0.15) is 0 Å². The van der Waals surface area contributed by atoms with Crippen LogP contribution in [0.1, 0.15) is 16.5 Å². The first-order valence-electron chi connectivity index (χ1n) is 5.48. The molecule has 0 aromatic carbocycles. The number of nitrogens with zero attached hydrogens (tertiary/aromatic N) is 3. The van der Waals surface area contributed by atoms with Gasteiger partial charge in [-0.25, -0.2) is 0 Å². The molecule has 1 atom stereocenters. The van der Waals surface area contributed by atoms with Gasteiger partial charge in [-0.15, -0.1) is 0 Å². The summed E-state index contributed by atoms with van der Waals surface area (Å²) in [6, 6.07) is 6.09. The second-order valence-corrected chi connectivity index (χ2v) is 5.09. The minimum atomic E-state index is 0.243. The van der Waals surface area contributed by atoms with Crippen molar-refractivity contribution in [3.05, 3.63) is 41.9 Å². The highest BCUT2D eigenvalue weighted by Crippen LogP contribution is 2.34. The van der Waals surface area contributed by atoms with Crippen LogP contribution in [0.25, 0.3) is 0 Å². The lowest BCUT2D eigenvalue weighted by atomic mass is 10.2. The van der Waals surface area contributed by atoms with Gasteiger partial charge < -0.3 is 5.73 Å². The Morgan fingerprint density at radius 2 is 2.12 bits per heavy atom. The Bertz CT molecular complexity index is 481. The zero-order chi connectivity index (χ0) is 12.3. The standard InChI is InChI=1S/C12H16N4S/c1-9-7-12(16(2)15-9)17-11(8-13)10-3-5-14-6-4-10/h3-7,11H,8,13H2,1-2H3. The quantitative estimate of drug-likeness (QED) is 0.840. The lowest BCUT2D eigenvalue weighted by molar-refractivity contribution is 0.690. The minimum absolute atomic E-state index is 0.243. The maximum Gasteiger partial charge on any atom is 0.0945 e. The van der Waals surface area contributed by atoms with Crippen LogP contribution in [0, 0.1) is 6.92 Å². The Kier molecular flexibility index (Phi) is 3.81. The van der Waals surface area contributed by atoms with Crippen LogP contribution < -0.4 is 5.73 Å². The molecule has 5 heteroatoms. The monoisotopic (exact) mass is 248 g/mol. The Hall–Kier alpha value is -1.33. The maximum absolute atomic E-state index is 5.84. The van der Waals surface area contributed by atoms with E-state index < -0.39 is 0 Å². The summed E-state index contributed by atoms with van der Waals surface area (Å²) in [5, 5.41) is 5.71. The summed E-state index contributed by atoms with van der Waals surface area (Å²) >= 11 is 1.74. The summed E-state index contributed by atoms with van der Waals surface area (Å²) in [6.45, 7) is 2.59. The van der Waals surface area contributed by atoms with Gasteiger partial charge >= 0.3 is 0 Å². The first-order chi connectivity index (χ1) is 8.20. The normalized spacial score (nSPS) is 12.6. The SMILES string of the molecule is Cc1cc(SC(CN)c2ccncc2)n(C)n1. The molecule has 1 unspecified atom stereocenters. The second kappa shape index (κ2) is 5.33. The summed E-state index contributed by atoms with van der Waals surface area (Å²) in [6.07, 6.45) is 3.60. The number of hydrogen-bond acceptors (Lipinski definition) is 4. The minimum Gasteiger partial charge on any atom is -0.329 e. The molecule has 2 N–H and O–H groups in total. The van der Waals surface area contributed by atoms with E-state index in [9.17, 15) is 0 Å². The molecule has 17 heavy (non-hydrogen) atoms. The third kappa shape index (κ3) is 2.87.